The van der Waals surface area contributed by atoms with Crippen molar-refractivity contribution in [3.8, 4) is 0 Å². The summed E-state index contributed by atoms with van der Waals surface area (Å²) >= 11 is 0. The van der Waals surface area contributed by atoms with Gasteiger partial charge >= 0.3 is 0 Å². The molecule has 0 aliphatic rings. The van der Waals surface area contributed by atoms with Gasteiger partial charge in [0.15, 0.2) is 0 Å². The Balaban J connectivity index is 0.00000137. The molecule has 0 heterocycles. The first-order valence-corrected chi connectivity index (χ1v) is 7.60. The smallest absolute Gasteiger partial charge is 0.240 e. The molecule has 0 radical (unpaired) electrons. The van der Waals surface area contributed by atoms with E-state index < -0.39 is 10.0 Å². The molecular formula is C13H23NO3S. The number of sulfonamides is 1. The van der Waals surface area contributed by atoms with E-state index in [1.807, 2.05) is 20.8 Å². The van der Waals surface area contributed by atoms with Crippen LogP contribution in [0.4, 0.5) is 0 Å². The predicted molar refractivity (Wildman–Crippen MR) is 74.2 cm³/mol. The predicted octanol–water partition coefficient (Wildman–Crippen LogP) is 2.34. The Kier molecular flexibility index (Phi) is 8.62. The van der Waals surface area contributed by atoms with Crippen LogP contribution in [0, 0.1) is 6.92 Å². The van der Waals surface area contributed by atoms with Crippen LogP contribution < -0.4 is 4.72 Å². The number of hydrogen-bond donors (Lipinski definition) is 1. The van der Waals surface area contributed by atoms with Crippen molar-refractivity contribution in [1.29, 1.82) is 0 Å². The fourth-order valence-electron chi connectivity index (χ4n) is 1.22. The van der Waals surface area contributed by atoms with Crippen LogP contribution in [0.3, 0.4) is 0 Å². The highest BCUT2D eigenvalue weighted by molar-refractivity contribution is 7.89. The third-order valence-corrected chi connectivity index (χ3v) is 3.63. The molecule has 18 heavy (non-hydrogen) atoms. The summed E-state index contributed by atoms with van der Waals surface area (Å²) in [5.41, 5.74) is 1.04. The number of methoxy groups -OCH3 is 1. The van der Waals surface area contributed by atoms with Gasteiger partial charge in [-0.25, -0.2) is 13.1 Å². The zero-order valence-corrected chi connectivity index (χ0v) is 12.4. The van der Waals surface area contributed by atoms with Gasteiger partial charge in [-0.05, 0) is 25.5 Å². The van der Waals surface area contributed by atoms with Crippen molar-refractivity contribution in [3.05, 3.63) is 29.8 Å². The Morgan fingerprint density at radius 2 is 1.72 bits per heavy atom. The van der Waals surface area contributed by atoms with Crippen LogP contribution in [0.1, 0.15) is 25.8 Å². The largest absolute Gasteiger partial charge is 0.385 e. The van der Waals surface area contributed by atoms with E-state index in [9.17, 15) is 8.42 Å². The van der Waals surface area contributed by atoms with Gasteiger partial charge in [0.2, 0.25) is 10.0 Å². The fraction of sp³-hybridized carbons (Fsp3) is 0.538. The lowest BCUT2D eigenvalue weighted by atomic mass is 10.2. The number of hydrogen-bond acceptors (Lipinski definition) is 3. The van der Waals surface area contributed by atoms with Crippen molar-refractivity contribution in [1.82, 2.24) is 4.72 Å². The molecular weight excluding hydrogens is 250 g/mol. The lowest BCUT2D eigenvalue weighted by molar-refractivity contribution is 0.196. The summed E-state index contributed by atoms with van der Waals surface area (Å²) in [4.78, 5) is 0.301. The minimum atomic E-state index is -3.36. The molecule has 1 N–H and O–H groups in total. The second-order valence-electron chi connectivity index (χ2n) is 3.56. The first-order valence-electron chi connectivity index (χ1n) is 6.11. The van der Waals surface area contributed by atoms with Crippen molar-refractivity contribution in [2.24, 2.45) is 0 Å². The monoisotopic (exact) mass is 273 g/mol. The first kappa shape index (κ1) is 17.1. The topological polar surface area (TPSA) is 55.4 Å². The number of rotatable bonds is 6. The van der Waals surface area contributed by atoms with E-state index in [1.54, 1.807) is 31.4 Å². The van der Waals surface area contributed by atoms with Gasteiger partial charge in [-0.3, -0.25) is 0 Å². The Morgan fingerprint density at radius 3 is 2.22 bits per heavy atom. The molecule has 0 saturated heterocycles. The maximum absolute atomic E-state index is 11.8. The second-order valence-corrected chi connectivity index (χ2v) is 5.32. The fourth-order valence-corrected chi connectivity index (χ4v) is 2.30. The van der Waals surface area contributed by atoms with E-state index in [0.29, 0.717) is 24.5 Å². The van der Waals surface area contributed by atoms with E-state index >= 15 is 0 Å². The highest BCUT2D eigenvalue weighted by Crippen LogP contribution is 2.09. The van der Waals surface area contributed by atoms with Gasteiger partial charge in [-0.15, -0.1) is 0 Å². The lowest BCUT2D eigenvalue weighted by Crippen LogP contribution is -2.25. The average Bonchev–Trinajstić information content (AvgIpc) is 2.38. The summed E-state index contributed by atoms with van der Waals surface area (Å²) in [7, 11) is -1.77. The zero-order chi connectivity index (χ0) is 14.0. The third-order valence-electron chi connectivity index (χ3n) is 2.15. The summed E-state index contributed by atoms with van der Waals surface area (Å²) in [6.07, 6.45) is 0.668. The summed E-state index contributed by atoms with van der Waals surface area (Å²) < 4.78 is 30.9. The molecule has 5 heteroatoms. The summed E-state index contributed by atoms with van der Waals surface area (Å²) in [5.74, 6) is 0. The zero-order valence-electron chi connectivity index (χ0n) is 11.6. The molecule has 0 spiro atoms. The Bertz CT molecular complexity index is 412. The van der Waals surface area contributed by atoms with Crippen molar-refractivity contribution < 1.29 is 13.2 Å². The molecule has 0 aliphatic carbocycles. The number of nitrogens with one attached hydrogen (secondary N) is 1. The van der Waals surface area contributed by atoms with Crippen molar-refractivity contribution in [2.75, 3.05) is 20.3 Å². The van der Waals surface area contributed by atoms with Crippen LogP contribution >= 0.6 is 0 Å². The molecule has 0 saturated carbocycles. The van der Waals surface area contributed by atoms with Crippen molar-refractivity contribution >= 4 is 10.0 Å². The molecule has 1 rings (SSSR count). The minimum Gasteiger partial charge on any atom is -0.385 e. The summed E-state index contributed by atoms with van der Waals surface area (Å²) in [5, 5.41) is 0. The highest BCUT2D eigenvalue weighted by atomic mass is 32.2. The van der Waals surface area contributed by atoms with Crippen LogP contribution in [0.25, 0.3) is 0 Å². The quantitative estimate of drug-likeness (QED) is 0.809. The molecule has 1 aromatic carbocycles. The summed E-state index contributed by atoms with van der Waals surface area (Å²) in [6.45, 7) is 6.86. The number of aryl methyl sites for hydroxylation is 1. The molecule has 4 nitrogen and oxygen atoms in total. The molecule has 0 aromatic heterocycles. The van der Waals surface area contributed by atoms with Crippen LogP contribution in [-0.2, 0) is 14.8 Å². The van der Waals surface area contributed by atoms with Gasteiger partial charge in [-0.2, -0.15) is 0 Å². The molecule has 104 valence electrons. The molecule has 0 amide bonds. The highest BCUT2D eigenvalue weighted by Gasteiger charge is 2.12. The van der Waals surface area contributed by atoms with Gasteiger partial charge in [0.1, 0.15) is 0 Å². The van der Waals surface area contributed by atoms with Crippen molar-refractivity contribution in [2.45, 2.75) is 32.1 Å². The van der Waals surface area contributed by atoms with Crippen LogP contribution in [-0.4, -0.2) is 28.7 Å². The molecule has 0 atom stereocenters. The number of benzene rings is 1. The first-order chi connectivity index (χ1) is 8.56. The molecule has 0 unspecified atom stereocenters. The Labute approximate surface area is 110 Å². The summed E-state index contributed by atoms with van der Waals surface area (Å²) in [6, 6.07) is 6.77. The number of ether oxygens (including phenoxy) is 1. The molecule has 1 aromatic rings. The molecule has 0 fully saturated rings. The third kappa shape index (κ3) is 6.14. The molecule has 0 bridgehead atoms. The second kappa shape index (κ2) is 9.08. The van der Waals surface area contributed by atoms with Crippen LogP contribution in [0.5, 0.6) is 0 Å². The van der Waals surface area contributed by atoms with E-state index in [-0.39, 0.29) is 0 Å². The van der Waals surface area contributed by atoms with Gasteiger partial charge in [-0.1, -0.05) is 31.5 Å². The van der Waals surface area contributed by atoms with E-state index in [1.165, 1.54) is 0 Å². The standard InChI is InChI=1S/C11H17NO3S.C2H6/c1-10-4-6-11(7-5-10)16(13,14)12-8-3-9-15-2;1-2/h4-7,12H,3,8-9H2,1-2H3;1-2H3. The van der Waals surface area contributed by atoms with Crippen LogP contribution in [0.2, 0.25) is 0 Å². The van der Waals surface area contributed by atoms with Gasteiger partial charge in [0.25, 0.3) is 0 Å². The van der Waals surface area contributed by atoms with Crippen molar-refractivity contribution in [3.63, 3.8) is 0 Å². The Morgan fingerprint density at radius 1 is 1.17 bits per heavy atom. The average molecular weight is 273 g/mol. The van der Waals surface area contributed by atoms with Gasteiger partial charge < -0.3 is 4.74 Å². The van der Waals surface area contributed by atoms with E-state index in [4.69, 9.17) is 4.74 Å². The SMILES string of the molecule is CC.COCCCNS(=O)(=O)c1ccc(C)cc1. The van der Waals surface area contributed by atoms with E-state index in [2.05, 4.69) is 4.72 Å². The maximum atomic E-state index is 11.8. The Hall–Kier alpha value is -0.910. The normalized spacial score (nSPS) is 10.7. The van der Waals surface area contributed by atoms with Gasteiger partial charge in [0, 0.05) is 20.3 Å². The maximum Gasteiger partial charge on any atom is 0.240 e. The lowest BCUT2D eigenvalue weighted by Gasteiger charge is -2.06. The van der Waals surface area contributed by atoms with Gasteiger partial charge in [0.05, 0.1) is 4.90 Å². The van der Waals surface area contributed by atoms with Crippen LogP contribution in [0.15, 0.2) is 29.2 Å². The molecule has 0 aliphatic heterocycles. The minimum absolute atomic E-state index is 0.301. The van der Waals surface area contributed by atoms with E-state index in [0.717, 1.165) is 5.56 Å².